The van der Waals surface area contributed by atoms with Gasteiger partial charge in [-0.1, -0.05) is 97.9 Å². The summed E-state index contributed by atoms with van der Waals surface area (Å²) in [6.45, 7) is 1.72. The summed E-state index contributed by atoms with van der Waals surface area (Å²) < 4.78 is 62.4. The zero-order valence-electron chi connectivity index (χ0n) is 25.4. The number of nitrogens with one attached hydrogen (secondary N) is 1. The van der Waals surface area contributed by atoms with E-state index in [1.54, 1.807) is 25.4 Å². The number of ketones is 1. The molecule has 7 nitrogen and oxygen atoms in total. The minimum atomic E-state index is -4.16. The van der Waals surface area contributed by atoms with Crippen molar-refractivity contribution >= 4 is 48.6 Å². The summed E-state index contributed by atoms with van der Waals surface area (Å²) in [7, 11) is -2.85. The fraction of sp³-hybridized carbons (Fsp3) is 0.111. The van der Waals surface area contributed by atoms with Gasteiger partial charge in [0.2, 0.25) is 5.78 Å². The molecule has 0 amide bonds. The molecule has 0 saturated heterocycles. The Kier molecular flexibility index (Phi) is 8.80. The zero-order valence-corrected chi connectivity index (χ0v) is 27.8. The second-order valence-electron chi connectivity index (χ2n) is 10.9. The topological polar surface area (TPSA) is 84.3 Å². The predicted molar refractivity (Wildman–Crippen MR) is 183 cm³/mol. The molecule has 0 saturated carbocycles. The van der Waals surface area contributed by atoms with Crippen LogP contribution in [0.2, 0.25) is 0 Å². The molecule has 1 N–H and O–H groups in total. The van der Waals surface area contributed by atoms with Crippen LogP contribution in [-0.2, 0) is 15.7 Å². The first-order valence-electron chi connectivity index (χ1n) is 14.7. The number of fused-ring (bicyclic) bond motifs is 1. The third-order valence-corrected chi connectivity index (χ3v) is 10.2. The molecule has 0 spiro atoms. The molecule has 0 bridgehead atoms. The lowest BCUT2D eigenvalue weighted by molar-refractivity contribution is 0.103. The van der Waals surface area contributed by atoms with Crippen LogP contribution in [0.15, 0.2) is 126 Å². The fourth-order valence-electron chi connectivity index (χ4n) is 5.83. The van der Waals surface area contributed by atoms with Crippen LogP contribution in [0.4, 0.5) is 14.5 Å². The molecule has 238 valence electrons. The van der Waals surface area contributed by atoms with Crippen molar-refractivity contribution in [1.29, 1.82) is 0 Å². The summed E-state index contributed by atoms with van der Waals surface area (Å²) in [4.78, 5) is 19.1. The lowest BCUT2D eigenvalue weighted by Gasteiger charge is -2.38. The molecule has 0 aliphatic rings. The first-order chi connectivity index (χ1) is 22.6. The average Bonchev–Trinajstić information content (AvgIpc) is 3.46. The Morgan fingerprint density at radius 3 is 1.94 bits per heavy atom. The van der Waals surface area contributed by atoms with E-state index in [9.17, 15) is 13.2 Å². The highest BCUT2D eigenvalue weighted by molar-refractivity contribution is 9.10. The predicted octanol–water partition coefficient (Wildman–Crippen LogP) is 7.76. The summed E-state index contributed by atoms with van der Waals surface area (Å²) in [5.74, 6) is -3.44. The molecule has 0 atom stereocenters. The van der Waals surface area contributed by atoms with Crippen LogP contribution in [0.5, 0.6) is 0 Å². The number of benzene rings is 4. The van der Waals surface area contributed by atoms with Crippen molar-refractivity contribution in [2.24, 2.45) is 0 Å². The average molecular weight is 716 g/mol. The van der Waals surface area contributed by atoms with Crippen LogP contribution in [0.3, 0.4) is 0 Å². The molecular weight excluding hydrogens is 686 g/mol. The summed E-state index contributed by atoms with van der Waals surface area (Å²) in [5.41, 5.74) is 0.393. The third-order valence-electron chi connectivity index (χ3n) is 8.20. The number of nitrogens with zero attached hydrogens (tertiary/aromatic N) is 3. The second kappa shape index (κ2) is 12.8. The number of carbonyl (C=O) groups is 1. The van der Waals surface area contributed by atoms with Gasteiger partial charge in [0.05, 0.1) is 16.8 Å². The van der Waals surface area contributed by atoms with Gasteiger partial charge in [-0.2, -0.15) is 12.7 Å². The Bertz CT molecular complexity index is 2100. The Hall–Kier alpha value is -4.71. The Morgan fingerprint density at radius 2 is 1.43 bits per heavy atom. The molecule has 0 aliphatic heterocycles. The maximum Gasteiger partial charge on any atom is 0.301 e. The summed E-state index contributed by atoms with van der Waals surface area (Å²) in [6, 6.07) is 32.6. The molecule has 0 aliphatic carbocycles. The summed E-state index contributed by atoms with van der Waals surface area (Å²) in [5, 5.41) is 0.340. The number of hydrogen-bond acceptors (Lipinski definition) is 4. The molecule has 6 rings (SSSR count). The van der Waals surface area contributed by atoms with Gasteiger partial charge in [0, 0.05) is 35.8 Å². The van der Waals surface area contributed by atoms with Gasteiger partial charge in [0.15, 0.2) is 5.82 Å². The van der Waals surface area contributed by atoms with Gasteiger partial charge in [-0.05, 0) is 50.8 Å². The van der Waals surface area contributed by atoms with Crippen LogP contribution in [-0.4, -0.2) is 41.6 Å². The molecule has 2 aromatic heterocycles. The highest BCUT2D eigenvalue weighted by Crippen LogP contribution is 2.44. The highest BCUT2D eigenvalue weighted by atomic mass is 79.9. The van der Waals surface area contributed by atoms with Gasteiger partial charge < -0.3 is 4.57 Å². The van der Waals surface area contributed by atoms with Crippen molar-refractivity contribution in [3.63, 3.8) is 0 Å². The number of rotatable bonds is 10. The third kappa shape index (κ3) is 5.64. The zero-order chi connectivity index (χ0) is 33.3. The number of halogens is 3. The minimum absolute atomic E-state index is 0.0237. The van der Waals surface area contributed by atoms with Gasteiger partial charge in [0.1, 0.15) is 17.0 Å². The van der Waals surface area contributed by atoms with Crippen LogP contribution >= 0.6 is 15.9 Å². The number of hydrogen-bond donors (Lipinski definition) is 1. The van der Waals surface area contributed by atoms with Gasteiger partial charge in [-0.3, -0.25) is 9.52 Å². The maximum atomic E-state index is 16.0. The summed E-state index contributed by atoms with van der Waals surface area (Å²) in [6.07, 6.45) is 3.17. The SMILES string of the molecule is CCN(C)S(=O)(=O)Nc1ccc(F)c(C(=O)c2cn(C(c3ccccc3)(c3ccccc3)c3ccccc3)c3ncc(Br)cc23)c1F. The largest absolute Gasteiger partial charge is 0.313 e. The normalized spacial score (nSPS) is 12.0. The Labute approximate surface area is 279 Å². The van der Waals surface area contributed by atoms with E-state index in [-0.39, 0.29) is 12.1 Å². The van der Waals surface area contributed by atoms with Gasteiger partial charge in [-0.25, -0.2) is 13.8 Å². The lowest BCUT2D eigenvalue weighted by atomic mass is 9.76. The molecule has 0 radical (unpaired) electrons. The van der Waals surface area contributed by atoms with Gasteiger partial charge >= 0.3 is 10.2 Å². The number of anilines is 1. The molecular formula is C36H29BrF2N4O3S. The van der Waals surface area contributed by atoms with Crippen LogP contribution in [0, 0.1) is 11.6 Å². The van der Waals surface area contributed by atoms with E-state index in [4.69, 9.17) is 4.98 Å². The van der Waals surface area contributed by atoms with E-state index in [0.717, 1.165) is 33.1 Å². The van der Waals surface area contributed by atoms with Crippen LogP contribution in [0.25, 0.3) is 11.0 Å². The van der Waals surface area contributed by atoms with Gasteiger partial charge in [0.25, 0.3) is 0 Å². The highest BCUT2D eigenvalue weighted by Gasteiger charge is 2.41. The molecule has 4 aromatic carbocycles. The van der Waals surface area contributed by atoms with Crippen molar-refractivity contribution in [2.45, 2.75) is 12.5 Å². The van der Waals surface area contributed by atoms with Crippen molar-refractivity contribution in [1.82, 2.24) is 13.9 Å². The fourth-order valence-corrected chi connectivity index (χ4v) is 7.10. The second-order valence-corrected chi connectivity index (χ2v) is 13.6. The van der Waals surface area contributed by atoms with Crippen LogP contribution < -0.4 is 4.72 Å². The molecule has 0 fully saturated rings. The Balaban J connectivity index is 1.65. The first kappa shape index (κ1) is 32.2. The first-order valence-corrected chi connectivity index (χ1v) is 16.9. The van der Waals surface area contributed by atoms with Crippen LogP contribution in [0.1, 0.15) is 39.5 Å². The molecule has 6 aromatic rings. The van der Waals surface area contributed by atoms with E-state index in [2.05, 4.69) is 20.7 Å². The monoisotopic (exact) mass is 714 g/mol. The standard InChI is InChI=1S/C36H29BrF2N4O3S/c1-3-42(2)47(45,46)41-31-20-19-30(38)32(33(31)39)34(44)29-23-43(35-28(29)21-27(37)22-40-35)36(24-13-7-4-8-14-24,25-15-9-5-10-16-25)26-17-11-6-12-18-26/h4-23,41H,3H2,1-2H3. The van der Waals surface area contributed by atoms with E-state index in [1.807, 2.05) is 95.6 Å². The van der Waals surface area contributed by atoms with Crippen molar-refractivity contribution in [3.8, 4) is 0 Å². The van der Waals surface area contributed by atoms with E-state index < -0.39 is 44.4 Å². The number of pyridine rings is 1. The Morgan fingerprint density at radius 1 is 0.894 bits per heavy atom. The summed E-state index contributed by atoms with van der Waals surface area (Å²) >= 11 is 3.45. The number of aromatic nitrogens is 2. The van der Waals surface area contributed by atoms with Crippen molar-refractivity contribution in [2.75, 3.05) is 18.3 Å². The minimum Gasteiger partial charge on any atom is -0.313 e. The van der Waals surface area contributed by atoms with E-state index in [1.165, 1.54) is 7.05 Å². The van der Waals surface area contributed by atoms with Crippen molar-refractivity contribution in [3.05, 3.63) is 166 Å². The lowest BCUT2D eigenvalue weighted by Crippen LogP contribution is -2.37. The van der Waals surface area contributed by atoms with Gasteiger partial charge in [-0.15, -0.1) is 0 Å². The molecule has 2 heterocycles. The van der Waals surface area contributed by atoms with E-state index in [0.29, 0.717) is 15.5 Å². The van der Waals surface area contributed by atoms with E-state index >= 15 is 8.78 Å². The van der Waals surface area contributed by atoms with Crippen molar-refractivity contribution < 1.29 is 22.0 Å². The smallest absolute Gasteiger partial charge is 0.301 e. The molecule has 11 heteroatoms. The number of carbonyl (C=O) groups excluding carboxylic acids is 1. The maximum absolute atomic E-state index is 16.0. The molecule has 47 heavy (non-hydrogen) atoms. The molecule has 0 unspecified atom stereocenters. The quantitative estimate of drug-likeness (QED) is 0.116.